The van der Waals surface area contributed by atoms with Crippen LogP contribution in [0.2, 0.25) is 0 Å². The van der Waals surface area contributed by atoms with Crippen LogP contribution in [0.4, 0.5) is 10.3 Å². The van der Waals surface area contributed by atoms with Crippen molar-refractivity contribution < 1.29 is 9.18 Å². The summed E-state index contributed by atoms with van der Waals surface area (Å²) in [5, 5.41) is 3.33. The van der Waals surface area contributed by atoms with Gasteiger partial charge in [0.25, 0.3) is 0 Å². The number of likely N-dealkylation sites (N-methyl/N-ethyl adjacent to an activating group) is 2. The van der Waals surface area contributed by atoms with Crippen LogP contribution >= 0.6 is 0 Å². The van der Waals surface area contributed by atoms with Crippen LogP contribution in [0.15, 0.2) is 54.9 Å². The van der Waals surface area contributed by atoms with Gasteiger partial charge >= 0.3 is 0 Å². The van der Waals surface area contributed by atoms with Gasteiger partial charge in [0.1, 0.15) is 11.5 Å². The summed E-state index contributed by atoms with van der Waals surface area (Å²) in [4.78, 5) is 30.6. The first kappa shape index (κ1) is 28.2. The molecule has 3 aromatic heterocycles. The lowest BCUT2D eigenvalue weighted by Crippen LogP contribution is -2.38. The zero-order valence-corrected chi connectivity index (χ0v) is 23.7. The first-order chi connectivity index (χ1) is 18.6. The maximum Gasteiger partial charge on any atom is 0.236 e. The monoisotopic (exact) mass is 531 g/mol. The normalized spacial score (nSPS) is 11.8. The van der Waals surface area contributed by atoms with Gasteiger partial charge in [0.2, 0.25) is 11.9 Å². The molecule has 1 aromatic carbocycles. The first-order valence-corrected chi connectivity index (χ1v) is 13.4. The fraction of sp³-hybridized carbons (Fsp3) is 0.400. The minimum absolute atomic E-state index is 0.0709. The highest BCUT2D eigenvalue weighted by Crippen LogP contribution is 2.32. The second-order valence-corrected chi connectivity index (χ2v) is 11.0. The van der Waals surface area contributed by atoms with Crippen LogP contribution in [0, 0.1) is 11.2 Å². The van der Waals surface area contributed by atoms with E-state index in [0.29, 0.717) is 43.5 Å². The van der Waals surface area contributed by atoms with E-state index in [0.717, 1.165) is 29.0 Å². The molecule has 4 rings (SSSR count). The number of aromatic nitrogens is 4. The number of halogens is 1. The molecule has 9 heteroatoms. The molecule has 0 aliphatic carbocycles. The summed E-state index contributed by atoms with van der Waals surface area (Å²) in [6.07, 6.45) is 3.71. The molecule has 4 aromatic rings. The Balaban J connectivity index is 1.70. The zero-order valence-electron chi connectivity index (χ0n) is 23.7. The van der Waals surface area contributed by atoms with Crippen molar-refractivity contribution in [2.75, 3.05) is 38.5 Å². The summed E-state index contributed by atoms with van der Waals surface area (Å²) in [5.74, 6) is 0.354. The molecule has 206 valence electrons. The standard InChI is InChI=1S/C30H38FN7O/c1-7-37(8-2)26(39)19-36(6)18-21-14-16-38-25(17-21)35-27(22-9-11-23(31)12-10-22)28(38)24-13-15-32-29(34-24)33-20-30(3,4)5/h9-17H,7-8,18-20H2,1-6H3,(H,32,33,34). The summed E-state index contributed by atoms with van der Waals surface area (Å²) in [7, 11) is 1.94. The Labute approximate surface area is 229 Å². The van der Waals surface area contributed by atoms with Gasteiger partial charge in [0.15, 0.2) is 0 Å². The van der Waals surface area contributed by atoms with Gasteiger partial charge in [-0.1, -0.05) is 20.8 Å². The van der Waals surface area contributed by atoms with Gasteiger partial charge in [-0.25, -0.2) is 19.3 Å². The third-order valence-corrected chi connectivity index (χ3v) is 6.46. The number of benzene rings is 1. The van der Waals surface area contributed by atoms with E-state index in [1.807, 2.05) is 59.5 Å². The Morgan fingerprint density at radius 1 is 1.05 bits per heavy atom. The smallest absolute Gasteiger partial charge is 0.236 e. The molecular weight excluding hydrogens is 493 g/mol. The van der Waals surface area contributed by atoms with Gasteiger partial charge in [-0.2, -0.15) is 0 Å². The number of nitrogens with zero attached hydrogens (tertiary/aromatic N) is 6. The molecule has 1 amide bonds. The molecule has 0 aliphatic heterocycles. The summed E-state index contributed by atoms with van der Waals surface area (Å²) in [5.41, 5.74) is 4.86. The van der Waals surface area contributed by atoms with Gasteiger partial charge in [0, 0.05) is 44.1 Å². The number of carbonyl (C=O) groups excluding carboxylic acids is 1. The van der Waals surface area contributed by atoms with E-state index < -0.39 is 0 Å². The molecule has 39 heavy (non-hydrogen) atoms. The highest BCUT2D eigenvalue weighted by Gasteiger charge is 2.20. The van der Waals surface area contributed by atoms with E-state index in [1.165, 1.54) is 12.1 Å². The largest absolute Gasteiger partial charge is 0.354 e. The van der Waals surface area contributed by atoms with Crippen LogP contribution in [0.3, 0.4) is 0 Å². The lowest BCUT2D eigenvalue weighted by atomic mass is 9.97. The van der Waals surface area contributed by atoms with Gasteiger partial charge in [-0.05, 0) is 74.3 Å². The molecular formula is C30H38FN7O. The molecule has 0 fully saturated rings. The first-order valence-electron chi connectivity index (χ1n) is 13.4. The second kappa shape index (κ2) is 11.9. The Morgan fingerprint density at radius 3 is 2.44 bits per heavy atom. The van der Waals surface area contributed by atoms with Crippen LogP contribution in [0.1, 0.15) is 40.2 Å². The summed E-state index contributed by atoms with van der Waals surface area (Å²) < 4.78 is 15.7. The lowest BCUT2D eigenvalue weighted by molar-refractivity contribution is -0.131. The van der Waals surface area contributed by atoms with Crippen molar-refractivity contribution in [1.82, 2.24) is 29.2 Å². The van der Waals surface area contributed by atoms with Crippen molar-refractivity contribution in [3.05, 3.63) is 66.2 Å². The topological polar surface area (TPSA) is 78.7 Å². The SMILES string of the molecule is CCN(CC)C(=O)CN(C)Cc1ccn2c(-c3ccnc(NCC(C)(C)C)n3)c(-c3ccc(F)cc3)nc2c1. The number of nitrogens with one attached hydrogen (secondary N) is 1. The molecule has 0 saturated heterocycles. The van der Waals surface area contributed by atoms with Crippen molar-refractivity contribution >= 4 is 17.5 Å². The number of fused-ring (bicyclic) bond motifs is 1. The Kier molecular flexibility index (Phi) is 8.60. The molecule has 8 nitrogen and oxygen atoms in total. The van der Waals surface area contributed by atoms with E-state index in [4.69, 9.17) is 9.97 Å². The molecule has 0 aliphatic rings. The number of hydrogen-bond donors (Lipinski definition) is 1. The average Bonchev–Trinajstić information content (AvgIpc) is 3.27. The summed E-state index contributed by atoms with van der Waals surface area (Å²) in [6.45, 7) is 13.5. The van der Waals surface area contributed by atoms with E-state index in [9.17, 15) is 9.18 Å². The average molecular weight is 532 g/mol. The van der Waals surface area contributed by atoms with Crippen molar-refractivity contribution in [2.24, 2.45) is 5.41 Å². The molecule has 0 radical (unpaired) electrons. The van der Waals surface area contributed by atoms with E-state index in [1.54, 1.807) is 18.3 Å². The molecule has 1 N–H and O–H groups in total. The fourth-order valence-corrected chi connectivity index (χ4v) is 4.43. The van der Waals surface area contributed by atoms with Crippen LogP contribution in [-0.2, 0) is 11.3 Å². The van der Waals surface area contributed by atoms with Crippen LogP contribution in [0.5, 0.6) is 0 Å². The Hall–Kier alpha value is -3.85. The molecule has 0 spiro atoms. The zero-order chi connectivity index (χ0) is 28.2. The van der Waals surface area contributed by atoms with E-state index >= 15 is 0 Å². The van der Waals surface area contributed by atoms with Crippen LogP contribution in [-0.4, -0.2) is 68.3 Å². The second-order valence-electron chi connectivity index (χ2n) is 11.0. The number of anilines is 1. The van der Waals surface area contributed by atoms with Gasteiger partial charge in [-0.3, -0.25) is 14.1 Å². The number of hydrogen-bond acceptors (Lipinski definition) is 6. The van der Waals surface area contributed by atoms with Crippen molar-refractivity contribution in [3.8, 4) is 22.6 Å². The van der Waals surface area contributed by atoms with E-state index in [2.05, 4.69) is 31.1 Å². The van der Waals surface area contributed by atoms with Gasteiger partial charge in [-0.15, -0.1) is 0 Å². The minimum Gasteiger partial charge on any atom is -0.354 e. The Bertz CT molecular complexity index is 1420. The van der Waals surface area contributed by atoms with Crippen molar-refractivity contribution in [3.63, 3.8) is 0 Å². The Morgan fingerprint density at radius 2 is 1.77 bits per heavy atom. The number of amides is 1. The summed E-state index contributed by atoms with van der Waals surface area (Å²) >= 11 is 0. The van der Waals surface area contributed by atoms with Crippen molar-refractivity contribution in [1.29, 1.82) is 0 Å². The molecule has 0 unspecified atom stereocenters. The van der Waals surface area contributed by atoms with Gasteiger partial charge in [0.05, 0.1) is 23.6 Å². The maximum atomic E-state index is 13.7. The van der Waals surface area contributed by atoms with Crippen molar-refractivity contribution in [2.45, 2.75) is 41.2 Å². The maximum absolute atomic E-state index is 13.7. The number of rotatable bonds is 10. The molecule has 3 heterocycles. The molecule has 0 atom stereocenters. The fourth-order valence-electron chi connectivity index (χ4n) is 4.43. The predicted molar refractivity (Wildman–Crippen MR) is 154 cm³/mol. The summed E-state index contributed by atoms with van der Waals surface area (Å²) in [6, 6.07) is 12.3. The van der Waals surface area contributed by atoms with Crippen LogP contribution in [0.25, 0.3) is 28.3 Å². The van der Waals surface area contributed by atoms with Gasteiger partial charge < -0.3 is 10.2 Å². The highest BCUT2D eigenvalue weighted by molar-refractivity contribution is 5.81. The molecule has 0 bridgehead atoms. The quantitative estimate of drug-likeness (QED) is 0.297. The lowest BCUT2D eigenvalue weighted by Gasteiger charge is -2.23. The third kappa shape index (κ3) is 6.97. The third-order valence-electron chi connectivity index (χ3n) is 6.46. The predicted octanol–water partition coefficient (Wildman–Crippen LogP) is 5.36. The van der Waals surface area contributed by atoms with E-state index in [-0.39, 0.29) is 17.1 Å². The number of carbonyl (C=O) groups is 1. The number of pyridine rings is 1. The number of imidazole rings is 1. The highest BCUT2D eigenvalue weighted by atomic mass is 19.1. The van der Waals surface area contributed by atoms with Crippen LogP contribution < -0.4 is 5.32 Å². The molecule has 0 saturated carbocycles. The minimum atomic E-state index is -0.302.